The molecule has 1 aromatic rings. The monoisotopic (exact) mass is 303 g/mol. The zero-order valence-electron chi connectivity index (χ0n) is 10.9. The molecule has 0 N–H and O–H groups in total. The minimum absolute atomic E-state index is 0.215. The quantitative estimate of drug-likeness (QED) is 0.804. The van der Waals surface area contributed by atoms with Gasteiger partial charge in [-0.3, -0.25) is 9.59 Å². The normalized spacial score (nSPS) is 11.8. The van der Waals surface area contributed by atoms with Gasteiger partial charge in [-0.25, -0.2) is 0 Å². The fourth-order valence-corrected chi connectivity index (χ4v) is 2.03. The molecule has 1 rings (SSSR count). The summed E-state index contributed by atoms with van der Waals surface area (Å²) in [7, 11) is 2.91. The first kappa shape index (κ1) is 15.8. The molecule has 4 nitrogen and oxygen atoms in total. The van der Waals surface area contributed by atoms with Crippen molar-refractivity contribution in [1.82, 2.24) is 4.90 Å². The van der Waals surface area contributed by atoms with Crippen LogP contribution in [0.15, 0.2) is 18.2 Å². The van der Waals surface area contributed by atoms with Crippen molar-refractivity contribution in [1.29, 1.82) is 0 Å². The summed E-state index contributed by atoms with van der Waals surface area (Å²) >= 11 is 11.9. The van der Waals surface area contributed by atoms with E-state index in [9.17, 15) is 9.59 Å². The topological polar surface area (TPSA) is 46.6 Å². The van der Waals surface area contributed by atoms with E-state index in [0.29, 0.717) is 10.6 Å². The number of methoxy groups -OCH3 is 1. The molecule has 0 radical (unpaired) electrons. The molecule has 1 atom stereocenters. The van der Waals surface area contributed by atoms with Crippen molar-refractivity contribution in [2.75, 3.05) is 20.7 Å². The van der Waals surface area contributed by atoms with Crippen molar-refractivity contribution >= 4 is 35.1 Å². The first-order valence-corrected chi connectivity index (χ1v) is 6.41. The third-order valence-corrected chi connectivity index (χ3v) is 3.50. The number of carbonyl (C=O) groups is 2. The number of carbonyl (C=O) groups excluding carboxylic acids is 2. The molecular formula is C13H15Cl2NO3. The van der Waals surface area contributed by atoms with Gasteiger partial charge >= 0.3 is 5.97 Å². The molecule has 0 aliphatic heterocycles. The molecule has 0 aromatic heterocycles. The SMILES string of the molecule is COC(=O)C(C)CN(C)C(=O)c1cccc(Cl)c1Cl. The van der Waals surface area contributed by atoms with Gasteiger partial charge < -0.3 is 9.64 Å². The number of nitrogens with zero attached hydrogens (tertiary/aromatic N) is 1. The molecule has 0 aliphatic carbocycles. The molecule has 0 spiro atoms. The summed E-state index contributed by atoms with van der Waals surface area (Å²) in [6, 6.07) is 4.85. The molecule has 0 saturated carbocycles. The summed E-state index contributed by atoms with van der Waals surface area (Å²) in [4.78, 5) is 24.9. The van der Waals surface area contributed by atoms with Gasteiger partial charge in [0.05, 0.1) is 28.6 Å². The van der Waals surface area contributed by atoms with Crippen LogP contribution in [-0.4, -0.2) is 37.5 Å². The van der Waals surface area contributed by atoms with Gasteiger partial charge in [0.15, 0.2) is 0 Å². The fourth-order valence-electron chi connectivity index (χ4n) is 1.64. The highest BCUT2D eigenvalue weighted by Gasteiger charge is 2.21. The first-order chi connectivity index (χ1) is 8.88. The second kappa shape index (κ2) is 6.78. The van der Waals surface area contributed by atoms with E-state index in [2.05, 4.69) is 4.74 Å². The summed E-state index contributed by atoms with van der Waals surface area (Å²) in [6.07, 6.45) is 0. The molecule has 19 heavy (non-hydrogen) atoms. The van der Waals surface area contributed by atoms with Crippen molar-refractivity contribution in [2.24, 2.45) is 5.92 Å². The van der Waals surface area contributed by atoms with E-state index >= 15 is 0 Å². The Morgan fingerprint density at radius 3 is 2.58 bits per heavy atom. The number of esters is 1. The number of rotatable bonds is 4. The molecule has 0 saturated heterocycles. The van der Waals surface area contributed by atoms with Crippen LogP contribution in [0.4, 0.5) is 0 Å². The highest BCUT2D eigenvalue weighted by molar-refractivity contribution is 6.43. The van der Waals surface area contributed by atoms with Gasteiger partial charge in [0.25, 0.3) is 5.91 Å². The van der Waals surface area contributed by atoms with Crippen LogP contribution in [-0.2, 0) is 9.53 Å². The van der Waals surface area contributed by atoms with E-state index in [0.717, 1.165) is 0 Å². The van der Waals surface area contributed by atoms with Crippen LogP contribution in [0.5, 0.6) is 0 Å². The van der Waals surface area contributed by atoms with E-state index in [-0.39, 0.29) is 23.4 Å². The molecule has 0 heterocycles. The van der Waals surface area contributed by atoms with E-state index in [1.807, 2.05) is 0 Å². The molecule has 1 amide bonds. The number of benzene rings is 1. The van der Waals surface area contributed by atoms with Gasteiger partial charge in [-0.2, -0.15) is 0 Å². The predicted molar refractivity (Wildman–Crippen MR) is 74.6 cm³/mol. The predicted octanol–water partition coefficient (Wildman–Crippen LogP) is 2.87. The Balaban J connectivity index is 2.83. The Bertz CT molecular complexity index is 491. The van der Waals surface area contributed by atoms with Crippen LogP contribution >= 0.6 is 23.2 Å². The van der Waals surface area contributed by atoms with E-state index < -0.39 is 5.92 Å². The summed E-state index contributed by atoms with van der Waals surface area (Å²) in [5.41, 5.74) is 0.314. The maximum absolute atomic E-state index is 12.2. The van der Waals surface area contributed by atoms with Crippen LogP contribution < -0.4 is 0 Å². The number of ether oxygens (including phenoxy) is 1. The molecule has 6 heteroatoms. The van der Waals surface area contributed by atoms with E-state index in [1.54, 1.807) is 32.2 Å². The van der Waals surface area contributed by atoms with Crippen LogP contribution in [0, 0.1) is 5.92 Å². The summed E-state index contributed by atoms with van der Waals surface area (Å²) in [5, 5.41) is 0.536. The van der Waals surface area contributed by atoms with Gasteiger partial charge in [0.1, 0.15) is 0 Å². The van der Waals surface area contributed by atoms with Crippen molar-refractivity contribution in [3.05, 3.63) is 33.8 Å². The van der Waals surface area contributed by atoms with Crippen molar-refractivity contribution in [3.8, 4) is 0 Å². The Kier molecular flexibility index (Phi) is 5.63. The first-order valence-electron chi connectivity index (χ1n) is 5.65. The van der Waals surface area contributed by atoms with E-state index in [1.165, 1.54) is 12.0 Å². The van der Waals surface area contributed by atoms with E-state index in [4.69, 9.17) is 23.2 Å². The van der Waals surface area contributed by atoms with Gasteiger partial charge in [-0.05, 0) is 12.1 Å². The Hall–Kier alpha value is -1.26. The standard InChI is InChI=1S/C13H15Cl2NO3/c1-8(13(18)19-3)7-16(2)12(17)9-5-4-6-10(14)11(9)15/h4-6,8H,7H2,1-3H3. The number of amides is 1. The summed E-state index contributed by atoms with van der Waals surface area (Å²) < 4.78 is 4.62. The third-order valence-electron chi connectivity index (χ3n) is 2.68. The average molecular weight is 304 g/mol. The smallest absolute Gasteiger partial charge is 0.310 e. The molecule has 0 bridgehead atoms. The number of halogens is 2. The van der Waals surface area contributed by atoms with Crippen LogP contribution in [0.2, 0.25) is 10.0 Å². The Morgan fingerprint density at radius 1 is 1.37 bits per heavy atom. The molecule has 0 aliphatic rings. The average Bonchev–Trinajstić information content (AvgIpc) is 2.39. The largest absolute Gasteiger partial charge is 0.469 e. The Labute approximate surface area is 122 Å². The van der Waals surface area contributed by atoms with Gasteiger partial charge in [0, 0.05) is 13.6 Å². The van der Waals surface area contributed by atoms with Gasteiger partial charge in [-0.15, -0.1) is 0 Å². The molecular weight excluding hydrogens is 289 g/mol. The highest BCUT2D eigenvalue weighted by Crippen LogP contribution is 2.26. The van der Waals surface area contributed by atoms with Gasteiger partial charge in [-0.1, -0.05) is 36.2 Å². The second-order valence-electron chi connectivity index (χ2n) is 4.21. The molecule has 1 aromatic carbocycles. The van der Waals surface area contributed by atoms with Crippen LogP contribution in [0.3, 0.4) is 0 Å². The second-order valence-corrected chi connectivity index (χ2v) is 5.00. The lowest BCUT2D eigenvalue weighted by molar-refractivity contribution is -0.145. The zero-order valence-corrected chi connectivity index (χ0v) is 12.5. The number of hydrogen-bond acceptors (Lipinski definition) is 3. The highest BCUT2D eigenvalue weighted by atomic mass is 35.5. The van der Waals surface area contributed by atoms with Crippen molar-refractivity contribution in [3.63, 3.8) is 0 Å². The summed E-state index contributed by atoms with van der Waals surface area (Å²) in [6.45, 7) is 1.93. The lowest BCUT2D eigenvalue weighted by Crippen LogP contribution is -2.34. The number of hydrogen-bond donors (Lipinski definition) is 0. The lowest BCUT2D eigenvalue weighted by Gasteiger charge is -2.21. The zero-order chi connectivity index (χ0) is 14.6. The maximum atomic E-state index is 12.2. The van der Waals surface area contributed by atoms with Crippen LogP contribution in [0.1, 0.15) is 17.3 Å². The Morgan fingerprint density at radius 2 is 2.00 bits per heavy atom. The van der Waals surface area contributed by atoms with Crippen molar-refractivity contribution < 1.29 is 14.3 Å². The summed E-state index contributed by atoms with van der Waals surface area (Å²) in [5.74, 6) is -1.06. The van der Waals surface area contributed by atoms with Crippen LogP contribution in [0.25, 0.3) is 0 Å². The van der Waals surface area contributed by atoms with Crippen molar-refractivity contribution in [2.45, 2.75) is 6.92 Å². The maximum Gasteiger partial charge on any atom is 0.310 e. The fraction of sp³-hybridized carbons (Fsp3) is 0.385. The molecule has 1 unspecified atom stereocenters. The molecule has 0 fully saturated rings. The third kappa shape index (κ3) is 3.85. The van der Waals surface area contributed by atoms with Gasteiger partial charge in [0.2, 0.25) is 0 Å². The lowest BCUT2D eigenvalue weighted by atomic mass is 10.1. The minimum Gasteiger partial charge on any atom is -0.469 e. The minimum atomic E-state index is -0.406. The molecule has 104 valence electrons.